The minimum atomic E-state index is -0.335. The van der Waals surface area contributed by atoms with E-state index in [0.717, 1.165) is 146 Å². The maximum atomic E-state index is 7.85. The van der Waals surface area contributed by atoms with Gasteiger partial charge in [0.15, 0.2) is 0 Å². The highest BCUT2D eigenvalue weighted by atomic mass is 16.5. The van der Waals surface area contributed by atoms with Gasteiger partial charge in [-0.05, 0) is 193 Å². The van der Waals surface area contributed by atoms with Gasteiger partial charge in [-0.2, -0.15) is 0 Å². The lowest BCUT2D eigenvalue weighted by molar-refractivity contribution is 0.486. The fourth-order valence-electron chi connectivity index (χ4n) is 17.4. The van der Waals surface area contributed by atoms with Gasteiger partial charge in [-0.3, -0.25) is 0 Å². The third-order valence-electron chi connectivity index (χ3n) is 23.0. The molecule has 0 bridgehead atoms. The van der Waals surface area contributed by atoms with Gasteiger partial charge in [0, 0.05) is 100 Å². The summed E-state index contributed by atoms with van der Waals surface area (Å²) in [6.07, 6.45) is 0. The Bertz CT molecular complexity index is 5830. The fraction of sp³-hybridized carbons (Fsp3) is 0.204. The standard InChI is InChI=1S/C98H87BN4O2/c1-94(2,3)58-42-44-81-69(46-58)73-54-83-71(65-34-22-26-38-79(65)100(83)63-30-18-16-19-31-63)56-89(73)104-87-40-28-24-36-67(87)75-48-60(96(7,8)9)50-77-92(75)102(81)85-52-62(98(13,14)15)53-86-91(85)99(77)78-51-61(97(10,11)12)49-76-68-37-25-29-41-88(68)105-90-57-72-66-35-23-27-39-80(66)101(64-32-20-17-21-33-64)84(72)55-74(90)70-47-59(95(4,5)6)43-45-82(70)103(86)93(76)78/h16-57H,1-15H3. The van der Waals surface area contributed by atoms with Gasteiger partial charge in [0.25, 0.3) is 6.71 Å². The molecule has 4 aliphatic rings. The van der Waals surface area contributed by atoms with Crippen LogP contribution in [0.5, 0.6) is 23.0 Å². The Labute approximate surface area is 617 Å². The summed E-state index contributed by atoms with van der Waals surface area (Å²) in [5.41, 5.74) is 30.6. The van der Waals surface area contributed by atoms with Crippen molar-refractivity contribution in [1.82, 2.24) is 9.13 Å². The van der Waals surface area contributed by atoms with Crippen molar-refractivity contribution in [2.75, 3.05) is 9.80 Å². The van der Waals surface area contributed by atoms with Crippen LogP contribution >= 0.6 is 0 Å². The molecule has 2 aromatic heterocycles. The summed E-state index contributed by atoms with van der Waals surface area (Å²) in [5.74, 6) is 3.20. The maximum Gasteiger partial charge on any atom is 0.252 e. The van der Waals surface area contributed by atoms with Crippen LogP contribution in [-0.4, -0.2) is 15.8 Å². The molecule has 13 aromatic carbocycles. The first-order valence-electron chi connectivity index (χ1n) is 37.5. The van der Waals surface area contributed by atoms with Crippen molar-refractivity contribution in [3.63, 3.8) is 0 Å². The summed E-state index contributed by atoms with van der Waals surface area (Å²) in [4.78, 5) is 5.46. The molecule has 514 valence electrons. The molecule has 15 aromatic rings. The zero-order valence-corrected chi connectivity index (χ0v) is 62.9. The van der Waals surface area contributed by atoms with E-state index >= 15 is 0 Å². The van der Waals surface area contributed by atoms with Crippen LogP contribution < -0.4 is 35.7 Å². The van der Waals surface area contributed by atoms with Gasteiger partial charge in [0.05, 0.1) is 33.4 Å². The van der Waals surface area contributed by atoms with E-state index in [4.69, 9.17) is 9.47 Å². The summed E-state index contributed by atoms with van der Waals surface area (Å²) in [7, 11) is 0. The molecule has 0 aliphatic carbocycles. The molecule has 0 saturated carbocycles. The molecular weight excluding hydrogens is 1280 g/mol. The summed E-state index contributed by atoms with van der Waals surface area (Å²) in [5, 5.41) is 4.59. The summed E-state index contributed by atoms with van der Waals surface area (Å²) < 4.78 is 20.6. The number of hydrogen-bond acceptors (Lipinski definition) is 4. The van der Waals surface area contributed by atoms with E-state index in [-0.39, 0.29) is 33.8 Å². The van der Waals surface area contributed by atoms with Crippen molar-refractivity contribution in [3.8, 4) is 78.9 Å². The van der Waals surface area contributed by atoms with Crippen molar-refractivity contribution < 1.29 is 9.47 Å². The van der Waals surface area contributed by atoms with Crippen LogP contribution in [0.1, 0.15) is 132 Å². The van der Waals surface area contributed by atoms with Gasteiger partial charge in [-0.15, -0.1) is 0 Å². The molecule has 105 heavy (non-hydrogen) atoms. The number of hydrogen-bond donors (Lipinski definition) is 0. The highest BCUT2D eigenvalue weighted by molar-refractivity contribution is 7.00. The molecule has 0 atom stereocenters. The molecule has 0 fully saturated rings. The van der Waals surface area contributed by atoms with E-state index in [1.807, 2.05) is 0 Å². The highest BCUT2D eigenvalue weighted by Gasteiger charge is 2.49. The summed E-state index contributed by atoms with van der Waals surface area (Å²) >= 11 is 0. The van der Waals surface area contributed by atoms with Crippen LogP contribution in [-0.2, 0) is 27.1 Å². The van der Waals surface area contributed by atoms with Crippen LogP contribution in [0.2, 0.25) is 0 Å². The molecule has 6 heterocycles. The Morgan fingerprint density at radius 2 is 0.600 bits per heavy atom. The molecule has 0 saturated heterocycles. The third kappa shape index (κ3) is 9.97. The van der Waals surface area contributed by atoms with Crippen molar-refractivity contribution in [1.29, 1.82) is 0 Å². The van der Waals surface area contributed by atoms with E-state index in [0.29, 0.717) is 0 Å². The first-order chi connectivity index (χ1) is 50.2. The average molecular weight is 1360 g/mol. The maximum absolute atomic E-state index is 7.85. The van der Waals surface area contributed by atoms with E-state index in [1.54, 1.807) is 0 Å². The first-order valence-corrected chi connectivity index (χ1v) is 37.5. The van der Waals surface area contributed by atoms with Gasteiger partial charge < -0.3 is 28.4 Å². The number of para-hydroxylation sites is 6. The van der Waals surface area contributed by atoms with Crippen LogP contribution in [0, 0.1) is 0 Å². The number of nitrogens with zero attached hydrogens (tertiary/aromatic N) is 4. The Kier molecular flexibility index (Phi) is 13.9. The van der Waals surface area contributed by atoms with Gasteiger partial charge in [0.1, 0.15) is 23.0 Å². The lowest BCUT2D eigenvalue weighted by atomic mass is 9.32. The van der Waals surface area contributed by atoms with E-state index in [9.17, 15) is 0 Å². The van der Waals surface area contributed by atoms with Gasteiger partial charge in [0.2, 0.25) is 0 Å². The van der Waals surface area contributed by atoms with E-state index in [1.165, 1.54) is 55.0 Å². The smallest absolute Gasteiger partial charge is 0.252 e. The van der Waals surface area contributed by atoms with Crippen LogP contribution in [0.15, 0.2) is 255 Å². The van der Waals surface area contributed by atoms with Crippen molar-refractivity contribution in [2.45, 2.75) is 131 Å². The zero-order valence-electron chi connectivity index (χ0n) is 62.9. The quantitative estimate of drug-likeness (QED) is 0.162. The van der Waals surface area contributed by atoms with Crippen molar-refractivity contribution in [3.05, 3.63) is 283 Å². The molecule has 0 N–H and O–H groups in total. The molecule has 4 aliphatic heterocycles. The first kappa shape index (κ1) is 64.6. The minimum Gasteiger partial charge on any atom is -0.456 e. The molecule has 0 amide bonds. The molecule has 0 spiro atoms. The largest absolute Gasteiger partial charge is 0.456 e. The lowest BCUT2D eigenvalue weighted by Gasteiger charge is -2.48. The predicted octanol–water partition coefficient (Wildman–Crippen LogP) is 25.3. The van der Waals surface area contributed by atoms with Crippen LogP contribution in [0.4, 0.5) is 34.1 Å². The number of benzene rings is 13. The summed E-state index contributed by atoms with van der Waals surface area (Å²) in [6.45, 7) is 35.3. The normalized spacial score (nSPS) is 13.8. The van der Waals surface area contributed by atoms with E-state index < -0.39 is 0 Å². The third-order valence-corrected chi connectivity index (χ3v) is 23.0. The number of ether oxygens (including phenoxy) is 2. The molecule has 0 unspecified atom stereocenters. The second-order valence-corrected chi connectivity index (χ2v) is 35.0. The fourth-order valence-corrected chi connectivity index (χ4v) is 17.4. The Morgan fingerprint density at radius 1 is 0.248 bits per heavy atom. The Morgan fingerprint density at radius 3 is 1.00 bits per heavy atom. The second-order valence-electron chi connectivity index (χ2n) is 35.0. The van der Waals surface area contributed by atoms with Crippen molar-refractivity contribution in [2.24, 2.45) is 0 Å². The van der Waals surface area contributed by atoms with Crippen molar-refractivity contribution >= 4 is 101 Å². The van der Waals surface area contributed by atoms with Gasteiger partial charge in [-0.1, -0.05) is 237 Å². The number of anilines is 6. The Hall–Kier alpha value is -11.3. The molecule has 7 heteroatoms. The molecular formula is C98H87BN4O2. The number of fused-ring (bicyclic) bond motifs is 22. The monoisotopic (exact) mass is 1360 g/mol. The number of aromatic nitrogens is 2. The second kappa shape index (κ2) is 22.6. The van der Waals surface area contributed by atoms with Crippen LogP contribution in [0.25, 0.3) is 99.5 Å². The minimum absolute atomic E-state index is 0.217. The van der Waals surface area contributed by atoms with Gasteiger partial charge in [-0.25, -0.2) is 0 Å². The molecule has 0 radical (unpaired) electrons. The predicted molar refractivity (Wildman–Crippen MR) is 445 cm³/mol. The van der Waals surface area contributed by atoms with E-state index in [2.05, 4.69) is 378 Å². The molecule has 6 nitrogen and oxygen atoms in total. The van der Waals surface area contributed by atoms with Crippen LogP contribution in [0.3, 0.4) is 0 Å². The average Bonchev–Trinajstić information content (AvgIpc) is 1.44. The Balaban J connectivity index is 1.01. The number of rotatable bonds is 2. The SMILES string of the molecule is CC(C)(C)c1ccc2c(c1)-c1cc3c(cc1Oc1ccccc1-c1cc(C(C)(C)C)cc4c1N2c1cc(C(C)(C)C)cc2c1B4c1cc(C(C)(C)C)cc4c1N2c1ccc(C(C)(C)C)cc1-c1cc2c(cc1Oc1ccccc1-4)c1ccccc1n2-c1ccccc1)c1ccccc1n3-c1ccccc1. The lowest BCUT2D eigenvalue weighted by Crippen LogP contribution is -2.62. The zero-order chi connectivity index (χ0) is 72.3. The topological polar surface area (TPSA) is 34.8 Å². The highest BCUT2D eigenvalue weighted by Crippen LogP contribution is 2.59. The van der Waals surface area contributed by atoms with Gasteiger partial charge >= 0.3 is 0 Å². The summed E-state index contributed by atoms with van der Waals surface area (Å²) in [6, 6.07) is 96.9. The molecule has 19 rings (SSSR count).